The predicted octanol–water partition coefficient (Wildman–Crippen LogP) is 13.2. The molecule has 26 nitrogen and oxygen atoms in total. The van der Waals surface area contributed by atoms with E-state index in [9.17, 15) is 33.6 Å². The van der Waals surface area contributed by atoms with Crippen LogP contribution in [0, 0.1) is 6.92 Å². The SMILES string of the molecule is CCOC(=O)c1ccc(CCc2nc3cccc4c3n2CCNC4=O)cc1.CCc1ccc(CCc2nc3cccc4c3n2CCNC4=O)cc1.Cc1ccc(CCNC(=O)CCc2nc3cccc4c3n2CCNC4=O)cc1.Cn1cccc1-c1nc2cccc3c2n1CCNC3=O.O=C1NCCn2c(CCc3ccc(CN4CCCC4)cc3)nc3cccc1c32. The number of imidazole rings is 5. The van der Waals surface area contributed by atoms with Gasteiger partial charge in [0.25, 0.3) is 29.5 Å². The van der Waals surface area contributed by atoms with E-state index in [1.165, 1.54) is 59.3 Å². The number of esters is 1. The fourth-order valence-electron chi connectivity index (χ4n) is 17.9. The third kappa shape index (κ3) is 19.1. The van der Waals surface area contributed by atoms with Crippen LogP contribution in [0.1, 0.15) is 157 Å². The van der Waals surface area contributed by atoms with Crippen molar-refractivity contribution in [3.63, 3.8) is 0 Å². The quantitative estimate of drug-likeness (QED) is 0.0365. The summed E-state index contributed by atoms with van der Waals surface area (Å²) in [5, 5.41) is 17.7. The van der Waals surface area contributed by atoms with E-state index in [-0.39, 0.29) is 41.4 Å². The molecular weight excluding hydrogens is 1590 g/mol. The summed E-state index contributed by atoms with van der Waals surface area (Å²) < 4.78 is 17.9. The van der Waals surface area contributed by atoms with Gasteiger partial charge in [-0.2, -0.15) is 0 Å². The van der Waals surface area contributed by atoms with Gasteiger partial charge in [-0.25, -0.2) is 29.7 Å². The Kier molecular flexibility index (Phi) is 26.1. The topological polar surface area (TPSA) is 298 Å². The molecular formula is C101H106N18O8. The summed E-state index contributed by atoms with van der Waals surface area (Å²) in [6.07, 6.45) is 12.8. The number of ether oxygens (including phenoxy) is 1. The molecule has 6 N–H and O–H groups in total. The third-order valence-electron chi connectivity index (χ3n) is 24.5. The molecule has 6 amide bonds. The Morgan fingerprint density at radius 2 is 0.732 bits per heavy atom. The molecule has 648 valence electrons. The molecule has 1 saturated heterocycles. The number of amides is 6. The Balaban J connectivity index is 0.000000112. The number of nitrogens with zero attached hydrogens (tertiary/aromatic N) is 12. The zero-order valence-electron chi connectivity index (χ0n) is 72.4. The van der Waals surface area contributed by atoms with Crippen molar-refractivity contribution >= 4 is 96.6 Å². The van der Waals surface area contributed by atoms with Crippen molar-refractivity contribution in [2.24, 2.45) is 7.05 Å². The van der Waals surface area contributed by atoms with Crippen LogP contribution in [0.3, 0.4) is 0 Å². The number of aryl methyl sites for hydroxylation is 10. The smallest absolute Gasteiger partial charge is 0.338 e. The Morgan fingerprint density at radius 3 is 1.13 bits per heavy atom. The van der Waals surface area contributed by atoms with Crippen LogP contribution in [-0.2, 0) is 114 Å². The molecule has 6 aliphatic rings. The largest absolute Gasteiger partial charge is 0.462 e. The number of benzene rings is 9. The standard InChI is InChI=1S/C23H26N4O.C22H24N4O2.C21H21N3O3.C20H21N3O.C15H14N4O/c28-23-19-4-3-5-20-22(19)27(15-12-24-23)21(25-20)11-10-17-6-8-18(9-7-17)16-26-13-1-2-14-26;1-15-5-7-16(8-6-15)11-12-23-20(27)10-9-19-25-18-4-2-3-17-21(18)26(19)14-13-24-22(17)28;1-2-27-21(26)15-9-6-14(7-10-15)8-11-18-23-17-5-3-4-16-19(17)24(18)13-12-22-20(16)25;1-2-14-6-8-15(9-7-14)10-11-18-22-17-5-3-4-16-19(17)23(18)13-12-21-20(16)24;1-18-8-3-6-12(18)14-17-11-5-2-4-10-13(11)19(14)9-7-16-15(10)20/h3-9H,1-2,10-16H2,(H,24,28);2-8H,9-14H2,1H3,(H,23,27)(H,24,28);3-7,9-10H,2,8,11-13H2,1H3,(H,22,25);3-9H,2,10-13H2,1H3,(H,21,24);2-6,8H,7,9H2,1H3,(H,16,20). The zero-order valence-corrected chi connectivity index (χ0v) is 72.4. The summed E-state index contributed by atoms with van der Waals surface area (Å²) in [6, 6.07) is 66.3. The molecule has 1 fully saturated rings. The van der Waals surface area contributed by atoms with E-state index in [1.807, 2.05) is 133 Å². The Labute approximate surface area is 736 Å². The Bertz CT molecular complexity index is 6580. The first-order chi connectivity index (χ1) is 62.1. The fourth-order valence-corrected chi connectivity index (χ4v) is 17.9. The van der Waals surface area contributed by atoms with Gasteiger partial charge in [-0.05, 0) is 190 Å². The maximum absolute atomic E-state index is 12.3. The Hall–Kier alpha value is -14.1. The molecule has 0 spiro atoms. The number of para-hydroxylation sites is 5. The van der Waals surface area contributed by atoms with E-state index in [4.69, 9.17) is 24.7 Å². The number of rotatable bonds is 21. The first-order valence-corrected chi connectivity index (χ1v) is 44.5. The van der Waals surface area contributed by atoms with Gasteiger partial charge in [0.1, 0.15) is 23.3 Å². The monoisotopic (exact) mass is 1700 g/mol. The molecule has 0 saturated carbocycles. The summed E-state index contributed by atoms with van der Waals surface area (Å²) in [7, 11) is 2.00. The number of likely N-dealkylation sites (tertiary alicyclic amines) is 1. The van der Waals surface area contributed by atoms with Crippen molar-refractivity contribution < 1.29 is 38.3 Å². The summed E-state index contributed by atoms with van der Waals surface area (Å²) in [5.41, 5.74) is 23.2. The lowest BCUT2D eigenvalue weighted by Crippen LogP contribution is -2.26. The average Bonchev–Trinajstić information content (AvgIpc) is 1.60. The molecule has 26 heteroatoms. The van der Waals surface area contributed by atoms with Gasteiger partial charge >= 0.3 is 5.97 Å². The first kappa shape index (κ1) is 85.0. The van der Waals surface area contributed by atoms with Crippen LogP contribution in [0.4, 0.5) is 0 Å². The van der Waals surface area contributed by atoms with E-state index >= 15 is 0 Å². The lowest BCUT2D eigenvalue weighted by molar-refractivity contribution is -0.121. The molecule has 0 bridgehead atoms. The molecule has 127 heavy (non-hydrogen) atoms. The first-order valence-electron chi connectivity index (χ1n) is 44.5. The molecule has 0 atom stereocenters. The highest BCUT2D eigenvalue weighted by Gasteiger charge is 2.28. The number of carbonyl (C=O) groups is 7. The molecule has 0 radical (unpaired) electrons. The number of hydrogen-bond acceptors (Lipinski definition) is 14. The minimum atomic E-state index is -0.297. The Morgan fingerprint density at radius 1 is 0.378 bits per heavy atom. The van der Waals surface area contributed by atoms with Crippen LogP contribution in [0.15, 0.2) is 206 Å². The van der Waals surface area contributed by atoms with Gasteiger partial charge in [0, 0.05) is 124 Å². The van der Waals surface area contributed by atoms with Crippen molar-refractivity contribution in [2.45, 2.75) is 137 Å². The van der Waals surface area contributed by atoms with Gasteiger partial charge in [-0.3, -0.25) is 33.7 Å². The average molecular weight is 1700 g/mol. The van der Waals surface area contributed by atoms with Crippen LogP contribution < -0.4 is 31.9 Å². The summed E-state index contributed by atoms with van der Waals surface area (Å²) in [5.74, 6) is 4.48. The molecule has 6 aliphatic heterocycles. The highest BCUT2D eigenvalue weighted by molar-refractivity contribution is 6.09. The van der Waals surface area contributed by atoms with Crippen LogP contribution >= 0.6 is 0 Å². The van der Waals surface area contributed by atoms with Crippen LogP contribution in [0.25, 0.3) is 66.7 Å². The molecule has 0 unspecified atom stereocenters. The van der Waals surface area contributed by atoms with Gasteiger partial charge in [-0.15, -0.1) is 0 Å². The lowest BCUT2D eigenvalue weighted by Gasteiger charge is -2.14. The number of nitrogens with one attached hydrogen (secondary N) is 6. The molecule has 6 aromatic heterocycles. The number of hydrogen-bond donors (Lipinski definition) is 6. The highest BCUT2D eigenvalue weighted by atomic mass is 16.5. The third-order valence-corrected chi connectivity index (χ3v) is 24.5. The number of aromatic nitrogens is 11. The second-order valence-corrected chi connectivity index (χ2v) is 32.9. The van der Waals surface area contributed by atoms with Crippen molar-refractivity contribution in [1.82, 2.24) is 89.1 Å². The predicted molar refractivity (Wildman–Crippen MR) is 492 cm³/mol. The van der Waals surface area contributed by atoms with Crippen LogP contribution in [0.5, 0.6) is 0 Å². The van der Waals surface area contributed by atoms with Crippen LogP contribution in [0.2, 0.25) is 0 Å². The van der Waals surface area contributed by atoms with Crippen molar-refractivity contribution in [3.8, 4) is 11.5 Å². The van der Waals surface area contributed by atoms with Gasteiger partial charge in [0.15, 0.2) is 5.82 Å². The summed E-state index contributed by atoms with van der Waals surface area (Å²) in [6.45, 7) is 17.3. The molecule has 12 heterocycles. The lowest BCUT2D eigenvalue weighted by atomic mass is 10.1. The minimum Gasteiger partial charge on any atom is -0.462 e. The minimum absolute atomic E-state index is 0.000884. The maximum Gasteiger partial charge on any atom is 0.338 e. The summed E-state index contributed by atoms with van der Waals surface area (Å²) >= 11 is 0. The molecule has 21 rings (SSSR count). The van der Waals surface area contributed by atoms with E-state index < -0.39 is 0 Å². The van der Waals surface area contributed by atoms with Gasteiger partial charge in [-0.1, -0.05) is 128 Å². The fraction of sp³-hybridized carbons (Fsp3) is 0.307. The maximum atomic E-state index is 12.3. The van der Waals surface area contributed by atoms with E-state index in [0.717, 1.165) is 191 Å². The second-order valence-electron chi connectivity index (χ2n) is 32.9. The normalized spacial score (nSPS) is 14.4. The summed E-state index contributed by atoms with van der Waals surface area (Å²) in [4.78, 5) is 111. The van der Waals surface area contributed by atoms with Crippen molar-refractivity contribution in [2.75, 3.05) is 59.0 Å². The van der Waals surface area contributed by atoms with Gasteiger partial charge in [0.05, 0.1) is 101 Å². The molecule has 9 aromatic carbocycles. The van der Waals surface area contributed by atoms with Gasteiger partial charge in [0.2, 0.25) is 5.91 Å². The van der Waals surface area contributed by atoms with Crippen molar-refractivity contribution in [3.05, 3.63) is 302 Å². The van der Waals surface area contributed by atoms with E-state index in [1.54, 1.807) is 19.1 Å². The van der Waals surface area contributed by atoms with Crippen molar-refractivity contribution in [1.29, 1.82) is 0 Å². The highest BCUT2D eigenvalue weighted by Crippen LogP contribution is 2.32. The van der Waals surface area contributed by atoms with Crippen LogP contribution in [-0.4, -0.2) is 158 Å². The zero-order chi connectivity index (χ0) is 87.4. The second kappa shape index (κ2) is 39.0. The van der Waals surface area contributed by atoms with E-state index in [0.29, 0.717) is 87.5 Å². The molecule has 0 aliphatic carbocycles. The molecule has 15 aromatic rings. The van der Waals surface area contributed by atoms with Gasteiger partial charge < -0.3 is 64.0 Å². The number of carbonyl (C=O) groups excluding carboxylic acids is 7. The van der Waals surface area contributed by atoms with E-state index in [2.05, 4.69) is 151 Å².